The highest BCUT2D eigenvalue weighted by Crippen LogP contribution is 2.40. The van der Waals surface area contributed by atoms with E-state index in [1.807, 2.05) is 4.68 Å². The average molecular weight is 382 g/mol. The maximum Gasteiger partial charge on any atom is 0.272 e. The average Bonchev–Trinajstić information content (AvgIpc) is 3.26. The van der Waals surface area contributed by atoms with Crippen LogP contribution in [0.2, 0.25) is 0 Å². The molecular weight excluding hydrogens is 355 g/mol. The van der Waals surface area contributed by atoms with E-state index in [9.17, 15) is 9.18 Å². The summed E-state index contributed by atoms with van der Waals surface area (Å²) in [5.74, 6) is 0.640. The molecule has 0 aliphatic heterocycles. The van der Waals surface area contributed by atoms with E-state index in [4.69, 9.17) is 5.73 Å². The van der Waals surface area contributed by atoms with Crippen molar-refractivity contribution in [3.05, 3.63) is 47.0 Å². The van der Waals surface area contributed by atoms with E-state index < -0.39 is 0 Å². The first-order valence-corrected chi connectivity index (χ1v) is 10.5. The SMILES string of the molecule is NC1CC2CCCC(C1)C2NC(=O)c1nn(-c2ccc(F)cc2)c2c1CCC2. The molecule has 28 heavy (non-hydrogen) atoms. The third-order valence-corrected chi connectivity index (χ3v) is 6.89. The zero-order valence-electron chi connectivity index (χ0n) is 16.0. The first kappa shape index (κ1) is 17.9. The first-order chi connectivity index (χ1) is 13.6. The third-order valence-electron chi connectivity index (χ3n) is 6.89. The van der Waals surface area contributed by atoms with Gasteiger partial charge in [0.2, 0.25) is 0 Å². The first-order valence-electron chi connectivity index (χ1n) is 10.5. The summed E-state index contributed by atoms with van der Waals surface area (Å²) >= 11 is 0. The van der Waals surface area contributed by atoms with Crippen LogP contribution in [0.15, 0.2) is 24.3 Å². The van der Waals surface area contributed by atoms with Crippen LogP contribution in [-0.2, 0) is 12.8 Å². The molecule has 0 spiro atoms. The fourth-order valence-electron chi connectivity index (χ4n) is 5.66. The predicted octanol–water partition coefficient (Wildman–Crippen LogP) is 3.14. The van der Waals surface area contributed by atoms with Crippen LogP contribution in [-0.4, -0.2) is 27.8 Å². The van der Waals surface area contributed by atoms with Crippen molar-refractivity contribution in [1.82, 2.24) is 15.1 Å². The van der Waals surface area contributed by atoms with Crippen LogP contribution in [0, 0.1) is 17.7 Å². The molecule has 3 N–H and O–H groups in total. The summed E-state index contributed by atoms with van der Waals surface area (Å²) in [7, 11) is 0. The lowest BCUT2D eigenvalue weighted by Gasteiger charge is -2.45. The van der Waals surface area contributed by atoms with Crippen molar-refractivity contribution in [2.75, 3.05) is 0 Å². The Hall–Kier alpha value is -2.21. The number of nitrogens with two attached hydrogens (primary N) is 1. The van der Waals surface area contributed by atoms with Crippen LogP contribution >= 0.6 is 0 Å². The Morgan fingerprint density at radius 3 is 2.54 bits per heavy atom. The molecule has 2 bridgehead atoms. The van der Waals surface area contributed by atoms with Gasteiger partial charge in [0.05, 0.1) is 5.69 Å². The smallest absolute Gasteiger partial charge is 0.272 e. The Morgan fingerprint density at radius 2 is 1.82 bits per heavy atom. The second kappa shape index (κ2) is 6.99. The molecule has 2 saturated carbocycles. The summed E-state index contributed by atoms with van der Waals surface area (Å²) in [5.41, 5.74) is 9.72. The summed E-state index contributed by atoms with van der Waals surface area (Å²) < 4.78 is 15.1. The molecule has 2 fully saturated rings. The summed E-state index contributed by atoms with van der Waals surface area (Å²) in [6.45, 7) is 0. The van der Waals surface area contributed by atoms with Gasteiger partial charge in [-0.25, -0.2) is 9.07 Å². The van der Waals surface area contributed by atoms with Crippen LogP contribution < -0.4 is 11.1 Å². The van der Waals surface area contributed by atoms with Gasteiger partial charge in [0.15, 0.2) is 5.69 Å². The van der Waals surface area contributed by atoms with Gasteiger partial charge in [-0.2, -0.15) is 5.10 Å². The van der Waals surface area contributed by atoms with Gasteiger partial charge in [-0.05, 0) is 81.0 Å². The molecule has 3 aliphatic rings. The summed E-state index contributed by atoms with van der Waals surface area (Å²) in [6, 6.07) is 6.79. The number of hydrogen-bond acceptors (Lipinski definition) is 3. The maximum absolute atomic E-state index is 13.3. The Labute approximate surface area is 164 Å². The van der Waals surface area contributed by atoms with Crippen molar-refractivity contribution in [2.24, 2.45) is 17.6 Å². The number of hydrogen-bond donors (Lipinski definition) is 2. The number of fused-ring (bicyclic) bond motifs is 3. The van der Waals surface area contributed by atoms with Gasteiger partial charge < -0.3 is 11.1 Å². The number of carbonyl (C=O) groups is 1. The molecule has 1 amide bonds. The highest BCUT2D eigenvalue weighted by atomic mass is 19.1. The minimum atomic E-state index is -0.271. The van der Waals surface area contributed by atoms with Crippen LogP contribution in [0.3, 0.4) is 0 Å². The number of rotatable bonds is 3. The van der Waals surface area contributed by atoms with E-state index in [0.29, 0.717) is 17.5 Å². The summed E-state index contributed by atoms with van der Waals surface area (Å²) in [6.07, 6.45) is 8.35. The molecule has 3 aliphatic carbocycles. The number of carbonyl (C=O) groups excluding carboxylic acids is 1. The number of benzene rings is 1. The van der Waals surface area contributed by atoms with E-state index in [0.717, 1.165) is 61.9 Å². The normalized spacial score (nSPS) is 28.8. The second-order valence-corrected chi connectivity index (χ2v) is 8.70. The van der Waals surface area contributed by atoms with Gasteiger partial charge in [-0.1, -0.05) is 6.42 Å². The van der Waals surface area contributed by atoms with Crippen molar-refractivity contribution in [1.29, 1.82) is 0 Å². The molecule has 0 radical (unpaired) electrons. The molecule has 148 valence electrons. The minimum absolute atomic E-state index is 0.0589. The molecule has 2 unspecified atom stereocenters. The molecule has 2 atom stereocenters. The minimum Gasteiger partial charge on any atom is -0.347 e. The lowest BCUT2D eigenvalue weighted by molar-refractivity contribution is 0.0750. The van der Waals surface area contributed by atoms with Gasteiger partial charge in [-0.3, -0.25) is 4.79 Å². The van der Waals surface area contributed by atoms with E-state index in [-0.39, 0.29) is 23.8 Å². The standard InChI is InChI=1S/C22H27FN4O/c23-15-7-9-17(10-8-15)27-19-6-2-5-18(19)21(26-27)22(28)25-20-13-3-1-4-14(20)12-16(24)11-13/h7-10,13-14,16,20H,1-6,11-12,24H2,(H,25,28). The molecule has 6 heteroatoms. The number of nitrogens with one attached hydrogen (secondary N) is 1. The number of amides is 1. The maximum atomic E-state index is 13.3. The van der Waals surface area contributed by atoms with Gasteiger partial charge >= 0.3 is 0 Å². The molecule has 0 saturated heterocycles. The number of nitrogens with zero attached hydrogens (tertiary/aromatic N) is 2. The van der Waals surface area contributed by atoms with Crippen LogP contribution in [0.25, 0.3) is 5.69 Å². The van der Waals surface area contributed by atoms with Gasteiger partial charge in [0, 0.05) is 23.3 Å². The molecule has 2 aromatic rings. The zero-order chi connectivity index (χ0) is 19.3. The fraction of sp³-hybridized carbons (Fsp3) is 0.545. The lowest BCUT2D eigenvalue weighted by atomic mass is 9.67. The Balaban J connectivity index is 1.43. The van der Waals surface area contributed by atoms with Crippen LogP contribution in [0.5, 0.6) is 0 Å². The third kappa shape index (κ3) is 3.04. The molecule has 5 nitrogen and oxygen atoms in total. The van der Waals surface area contributed by atoms with Crippen molar-refractivity contribution in [2.45, 2.75) is 63.5 Å². The largest absolute Gasteiger partial charge is 0.347 e. The molecule has 1 aromatic heterocycles. The molecular formula is C22H27FN4O. The zero-order valence-corrected chi connectivity index (χ0v) is 16.0. The molecule has 5 rings (SSSR count). The van der Waals surface area contributed by atoms with Gasteiger partial charge in [0.25, 0.3) is 5.91 Å². The molecule has 1 aromatic carbocycles. The second-order valence-electron chi connectivity index (χ2n) is 8.70. The summed E-state index contributed by atoms with van der Waals surface area (Å²) in [5, 5.41) is 7.99. The molecule has 1 heterocycles. The van der Waals surface area contributed by atoms with E-state index in [1.54, 1.807) is 12.1 Å². The fourth-order valence-corrected chi connectivity index (χ4v) is 5.66. The van der Waals surface area contributed by atoms with E-state index in [2.05, 4.69) is 10.4 Å². The Kier molecular flexibility index (Phi) is 4.46. The summed E-state index contributed by atoms with van der Waals surface area (Å²) in [4.78, 5) is 13.2. The van der Waals surface area contributed by atoms with Crippen molar-refractivity contribution in [3.63, 3.8) is 0 Å². The predicted molar refractivity (Wildman–Crippen MR) is 105 cm³/mol. The Bertz CT molecular complexity index is 877. The van der Waals surface area contributed by atoms with Crippen LogP contribution in [0.4, 0.5) is 4.39 Å². The van der Waals surface area contributed by atoms with Crippen molar-refractivity contribution < 1.29 is 9.18 Å². The Morgan fingerprint density at radius 1 is 1.11 bits per heavy atom. The highest BCUT2D eigenvalue weighted by molar-refractivity contribution is 5.94. The van der Waals surface area contributed by atoms with E-state index in [1.165, 1.54) is 18.6 Å². The topological polar surface area (TPSA) is 72.9 Å². The van der Waals surface area contributed by atoms with Crippen LogP contribution in [0.1, 0.15) is 60.3 Å². The monoisotopic (exact) mass is 382 g/mol. The highest BCUT2D eigenvalue weighted by Gasteiger charge is 2.40. The van der Waals surface area contributed by atoms with Crippen molar-refractivity contribution >= 4 is 5.91 Å². The van der Waals surface area contributed by atoms with E-state index >= 15 is 0 Å². The quantitative estimate of drug-likeness (QED) is 0.857. The van der Waals surface area contributed by atoms with Crippen molar-refractivity contribution in [3.8, 4) is 5.69 Å². The number of aromatic nitrogens is 2. The van der Waals surface area contributed by atoms with Gasteiger partial charge in [-0.15, -0.1) is 0 Å². The lowest BCUT2D eigenvalue weighted by Crippen LogP contribution is -2.53. The van der Waals surface area contributed by atoms with Gasteiger partial charge in [0.1, 0.15) is 5.82 Å². The number of halogens is 1.